The maximum absolute atomic E-state index is 12.9. The highest BCUT2D eigenvalue weighted by Gasteiger charge is 2.23. The Kier molecular flexibility index (Phi) is 6.95. The summed E-state index contributed by atoms with van der Waals surface area (Å²) in [7, 11) is 1.72. The van der Waals surface area contributed by atoms with Gasteiger partial charge < -0.3 is 9.64 Å². The molecule has 5 rings (SSSR count). The van der Waals surface area contributed by atoms with Crippen LogP contribution in [-0.2, 0) is 6.54 Å². The van der Waals surface area contributed by atoms with E-state index in [-0.39, 0.29) is 11.6 Å². The van der Waals surface area contributed by atoms with E-state index >= 15 is 0 Å². The molecule has 1 aliphatic heterocycles. The van der Waals surface area contributed by atoms with Gasteiger partial charge in [-0.15, -0.1) is 0 Å². The minimum Gasteiger partial charge on any atom is -0.495 e. The monoisotopic (exact) mass is 482 g/mol. The number of ether oxygens (including phenoxy) is 1. The summed E-state index contributed by atoms with van der Waals surface area (Å²) in [4.78, 5) is 25.9. The summed E-state index contributed by atoms with van der Waals surface area (Å²) >= 11 is 0. The molecule has 8 nitrogen and oxygen atoms in total. The Bertz CT molecular complexity index is 1310. The number of methoxy groups -OCH3 is 1. The third-order valence-corrected chi connectivity index (χ3v) is 6.51. The van der Waals surface area contributed by atoms with Crippen molar-refractivity contribution in [1.29, 1.82) is 0 Å². The smallest absolute Gasteiger partial charge is 0.290 e. The van der Waals surface area contributed by atoms with E-state index in [0.717, 1.165) is 61.1 Å². The van der Waals surface area contributed by atoms with E-state index in [9.17, 15) is 4.79 Å². The fourth-order valence-corrected chi connectivity index (χ4v) is 4.73. The molecule has 0 radical (unpaired) electrons. The highest BCUT2D eigenvalue weighted by molar-refractivity contribution is 5.98. The SMILES string of the molecule is COc1ccccc1N1CCN(Cc2cc(C)n(NC(=O)c3cnccn3)c2-c2ccccc2)CC1. The van der Waals surface area contributed by atoms with Crippen molar-refractivity contribution in [2.24, 2.45) is 0 Å². The first-order chi connectivity index (χ1) is 17.6. The second-order valence-corrected chi connectivity index (χ2v) is 8.83. The lowest BCUT2D eigenvalue weighted by molar-refractivity contribution is 0.100. The number of anilines is 1. The van der Waals surface area contributed by atoms with E-state index < -0.39 is 0 Å². The predicted molar refractivity (Wildman–Crippen MR) is 141 cm³/mol. The zero-order chi connectivity index (χ0) is 24.9. The van der Waals surface area contributed by atoms with Crippen molar-refractivity contribution >= 4 is 11.6 Å². The van der Waals surface area contributed by atoms with Crippen molar-refractivity contribution in [2.45, 2.75) is 13.5 Å². The summed E-state index contributed by atoms with van der Waals surface area (Å²) in [6.45, 7) is 6.50. The second kappa shape index (κ2) is 10.6. The fourth-order valence-electron chi connectivity index (χ4n) is 4.73. The molecule has 1 N–H and O–H groups in total. The molecule has 0 saturated carbocycles. The number of para-hydroxylation sites is 2. The Morgan fingerprint density at radius 2 is 1.75 bits per heavy atom. The van der Waals surface area contributed by atoms with Gasteiger partial charge in [-0.25, -0.2) is 4.98 Å². The second-order valence-electron chi connectivity index (χ2n) is 8.83. The predicted octanol–water partition coefficient (Wildman–Crippen LogP) is 3.97. The van der Waals surface area contributed by atoms with Crippen LogP contribution in [0.2, 0.25) is 0 Å². The number of piperazine rings is 1. The van der Waals surface area contributed by atoms with Gasteiger partial charge in [-0.2, -0.15) is 0 Å². The number of carbonyl (C=O) groups excluding carboxylic acids is 1. The third kappa shape index (κ3) is 4.94. The highest BCUT2D eigenvalue weighted by atomic mass is 16.5. The molecule has 36 heavy (non-hydrogen) atoms. The Morgan fingerprint density at radius 1 is 1.00 bits per heavy atom. The van der Waals surface area contributed by atoms with Gasteiger partial charge in [0.15, 0.2) is 0 Å². The molecule has 0 aliphatic carbocycles. The van der Waals surface area contributed by atoms with E-state index in [1.54, 1.807) is 13.3 Å². The molecule has 1 aliphatic rings. The van der Waals surface area contributed by atoms with Crippen LogP contribution in [0.3, 0.4) is 0 Å². The van der Waals surface area contributed by atoms with Gasteiger partial charge in [0.1, 0.15) is 11.4 Å². The molecule has 1 saturated heterocycles. The number of hydrogen-bond donors (Lipinski definition) is 1. The number of rotatable bonds is 7. The van der Waals surface area contributed by atoms with Crippen LogP contribution in [0.4, 0.5) is 5.69 Å². The first-order valence-corrected chi connectivity index (χ1v) is 12.1. The van der Waals surface area contributed by atoms with E-state index in [1.165, 1.54) is 18.0 Å². The van der Waals surface area contributed by atoms with Gasteiger partial charge in [-0.1, -0.05) is 42.5 Å². The number of amides is 1. The molecule has 184 valence electrons. The number of nitrogens with one attached hydrogen (secondary N) is 1. The normalized spacial score (nSPS) is 14.0. The molecule has 2 aromatic heterocycles. The van der Waals surface area contributed by atoms with Crippen LogP contribution >= 0.6 is 0 Å². The van der Waals surface area contributed by atoms with Crippen LogP contribution in [-0.4, -0.2) is 58.7 Å². The molecular formula is C28H30N6O2. The van der Waals surface area contributed by atoms with Crippen molar-refractivity contribution in [3.63, 3.8) is 0 Å². The summed E-state index contributed by atoms with van der Waals surface area (Å²) in [5, 5.41) is 0. The van der Waals surface area contributed by atoms with Gasteiger partial charge in [-0.05, 0) is 30.7 Å². The zero-order valence-corrected chi connectivity index (χ0v) is 20.6. The largest absolute Gasteiger partial charge is 0.495 e. The Hall–Kier alpha value is -4.17. The minimum atomic E-state index is -0.295. The molecule has 8 heteroatoms. The van der Waals surface area contributed by atoms with Crippen molar-refractivity contribution in [2.75, 3.05) is 43.6 Å². The van der Waals surface area contributed by atoms with Crippen molar-refractivity contribution in [1.82, 2.24) is 19.5 Å². The quantitative estimate of drug-likeness (QED) is 0.430. The standard InChI is InChI=1S/C28H30N6O2/c1-21-18-23(20-32-14-16-33(17-15-32)25-10-6-7-11-26(25)36-2)27(22-8-4-3-5-9-22)34(21)31-28(35)24-19-29-12-13-30-24/h3-13,18-19H,14-17,20H2,1-2H3,(H,31,35). The van der Waals surface area contributed by atoms with Crippen molar-refractivity contribution < 1.29 is 9.53 Å². The molecule has 0 bridgehead atoms. The van der Waals surface area contributed by atoms with Gasteiger partial charge in [0, 0.05) is 56.4 Å². The molecule has 2 aromatic carbocycles. The Balaban J connectivity index is 1.37. The highest BCUT2D eigenvalue weighted by Crippen LogP contribution is 2.31. The summed E-state index contributed by atoms with van der Waals surface area (Å²) in [6.07, 6.45) is 4.54. The molecule has 3 heterocycles. The number of benzene rings is 2. The van der Waals surface area contributed by atoms with Crippen molar-refractivity contribution in [3.8, 4) is 17.0 Å². The number of carbonyl (C=O) groups is 1. The maximum Gasteiger partial charge on any atom is 0.290 e. The van der Waals surface area contributed by atoms with E-state index in [1.807, 2.05) is 41.9 Å². The van der Waals surface area contributed by atoms with Gasteiger partial charge >= 0.3 is 0 Å². The average molecular weight is 483 g/mol. The molecule has 0 spiro atoms. The fraction of sp³-hybridized carbons (Fsp3) is 0.250. The van der Waals surface area contributed by atoms with Crippen LogP contribution in [0.5, 0.6) is 5.75 Å². The van der Waals surface area contributed by atoms with E-state index in [4.69, 9.17) is 4.74 Å². The van der Waals surface area contributed by atoms with E-state index in [2.05, 4.69) is 55.5 Å². The van der Waals surface area contributed by atoms with Crippen LogP contribution in [0.25, 0.3) is 11.3 Å². The van der Waals surface area contributed by atoms with Gasteiger partial charge in [0.2, 0.25) is 0 Å². The van der Waals surface area contributed by atoms with Gasteiger partial charge in [0.25, 0.3) is 5.91 Å². The van der Waals surface area contributed by atoms with Crippen LogP contribution in [0, 0.1) is 6.92 Å². The lowest BCUT2D eigenvalue weighted by Crippen LogP contribution is -2.46. The summed E-state index contributed by atoms with van der Waals surface area (Å²) in [5.41, 5.74) is 8.60. The molecule has 1 fully saturated rings. The summed E-state index contributed by atoms with van der Waals surface area (Å²) in [5.74, 6) is 0.611. The number of nitrogens with zero attached hydrogens (tertiary/aromatic N) is 5. The molecule has 4 aromatic rings. The lowest BCUT2D eigenvalue weighted by atomic mass is 10.1. The van der Waals surface area contributed by atoms with Crippen LogP contribution in [0.1, 0.15) is 21.7 Å². The van der Waals surface area contributed by atoms with Crippen LogP contribution in [0.15, 0.2) is 79.3 Å². The number of aryl methyl sites for hydroxylation is 1. The topological polar surface area (TPSA) is 75.5 Å². The van der Waals surface area contributed by atoms with Gasteiger partial charge in [-0.3, -0.25) is 24.8 Å². The molecule has 0 unspecified atom stereocenters. The zero-order valence-electron chi connectivity index (χ0n) is 20.6. The molecule has 1 amide bonds. The Morgan fingerprint density at radius 3 is 2.47 bits per heavy atom. The van der Waals surface area contributed by atoms with Crippen LogP contribution < -0.4 is 15.1 Å². The first kappa shape index (κ1) is 23.6. The first-order valence-electron chi connectivity index (χ1n) is 12.1. The number of aromatic nitrogens is 3. The van der Waals surface area contributed by atoms with Crippen molar-refractivity contribution in [3.05, 3.63) is 96.2 Å². The minimum absolute atomic E-state index is 0.277. The lowest BCUT2D eigenvalue weighted by Gasteiger charge is -2.36. The maximum atomic E-state index is 12.9. The summed E-state index contributed by atoms with van der Waals surface area (Å²) < 4.78 is 7.43. The average Bonchev–Trinajstić information content (AvgIpc) is 3.23. The summed E-state index contributed by atoms with van der Waals surface area (Å²) in [6, 6.07) is 20.5. The third-order valence-electron chi connectivity index (χ3n) is 6.51. The Labute approximate surface area is 211 Å². The van der Waals surface area contributed by atoms with E-state index in [0.29, 0.717) is 0 Å². The number of hydrogen-bond acceptors (Lipinski definition) is 6. The molecule has 0 atom stereocenters. The molecular weight excluding hydrogens is 452 g/mol. The van der Waals surface area contributed by atoms with Gasteiger partial charge in [0.05, 0.1) is 24.7 Å².